The van der Waals surface area contributed by atoms with Crippen molar-refractivity contribution in [1.29, 1.82) is 0 Å². The highest BCUT2D eigenvalue weighted by Crippen LogP contribution is 2.38. The minimum absolute atomic E-state index is 0.0581. The molecule has 2 fully saturated rings. The summed E-state index contributed by atoms with van der Waals surface area (Å²) in [5.74, 6) is -0.369. The topological polar surface area (TPSA) is 18.5 Å². The number of ether oxygens (including phenoxy) is 2. The Morgan fingerprint density at radius 3 is 1.81 bits per heavy atom. The van der Waals surface area contributed by atoms with E-state index in [4.69, 9.17) is 9.47 Å². The van der Waals surface area contributed by atoms with E-state index in [1.165, 1.54) is 76.3 Å². The van der Waals surface area contributed by atoms with E-state index in [0.717, 1.165) is 30.6 Å². The summed E-state index contributed by atoms with van der Waals surface area (Å²) >= 11 is 0. The van der Waals surface area contributed by atoms with Crippen molar-refractivity contribution in [3.05, 3.63) is 35.7 Å². The molecule has 4 rings (SSSR count). The fourth-order valence-corrected chi connectivity index (χ4v) is 6.35. The van der Waals surface area contributed by atoms with Gasteiger partial charge in [0.25, 0.3) is 0 Å². The van der Waals surface area contributed by atoms with Gasteiger partial charge >= 0.3 is 0 Å². The van der Waals surface area contributed by atoms with Crippen molar-refractivity contribution in [1.82, 2.24) is 0 Å². The standard InChI is InChI=1S/C31H43F3O2/c1-3-5-21-6-8-22(9-7-21)10-11-23-12-14-24(15-13-23)20-36-27-19-25-16-17-26(35-18-4-2)29(32)28(25)31(34)30(27)33/h16-17,19,21-24H,3-15,18,20H2,1-2H3. The van der Waals surface area contributed by atoms with Crippen molar-refractivity contribution in [2.24, 2.45) is 23.7 Å². The van der Waals surface area contributed by atoms with Crippen molar-refractivity contribution < 1.29 is 22.6 Å². The van der Waals surface area contributed by atoms with Gasteiger partial charge < -0.3 is 9.47 Å². The first-order valence-corrected chi connectivity index (χ1v) is 14.4. The first kappa shape index (κ1) is 27.1. The molecule has 0 spiro atoms. The van der Waals surface area contributed by atoms with Gasteiger partial charge in [0.15, 0.2) is 23.1 Å². The lowest BCUT2D eigenvalue weighted by molar-refractivity contribution is 0.165. The van der Waals surface area contributed by atoms with E-state index in [2.05, 4.69) is 6.92 Å². The molecular formula is C31H43F3O2. The summed E-state index contributed by atoms with van der Waals surface area (Å²) in [5.41, 5.74) is 0. The first-order chi connectivity index (χ1) is 17.5. The molecule has 0 saturated heterocycles. The first-order valence-electron chi connectivity index (χ1n) is 14.4. The lowest BCUT2D eigenvalue weighted by Gasteiger charge is -2.32. The highest BCUT2D eigenvalue weighted by atomic mass is 19.2. The quantitative estimate of drug-likeness (QED) is 0.303. The van der Waals surface area contributed by atoms with Crippen LogP contribution in [0.4, 0.5) is 13.2 Å². The van der Waals surface area contributed by atoms with Gasteiger partial charge in [0.1, 0.15) is 0 Å². The van der Waals surface area contributed by atoms with E-state index < -0.39 is 17.5 Å². The summed E-state index contributed by atoms with van der Waals surface area (Å²) < 4.78 is 55.3. The van der Waals surface area contributed by atoms with Crippen LogP contribution in [0.3, 0.4) is 0 Å². The largest absolute Gasteiger partial charge is 0.491 e. The molecule has 2 aliphatic carbocycles. The van der Waals surface area contributed by atoms with Gasteiger partial charge in [-0.2, -0.15) is 4.39 Å². The van der Waals surface area contributed by atoms with Gasteiger partial charge in [-0.3, -0.25) is 0 Å². The number of fused-ring (bicyclic) bond motifs is 1. The maximum atomic E-state index is 14.8. The van der Waals surface area contributed by atoms with Crippen molar-refractivity contribution in [2.45, 2.75) is 97.3 Å². The van der Waals surface area contributed by atoms with E-state index in [0.29, 0.717) is 25.6 Å². The fourth-order valence-electron chi connectivity index (χ4n) is 6.35. The molecule has 36 heavy (non-hydrogen) atoms. The van der Waals surface area contributed by atoms with Crippen LogP contribution in [0.5, 0.6) is 11.5 Å². The molecule has 0 radical (unpaired) electrons. The monoisotopic (exact) mass is 504 g/mol. The molecule has 0 aromatic heterocycles. The van der Waals surface area contributed by atoms with Crippen LogP contribution in [-0.4, -0.2) is 13.2 Å². The summed E-state index contributed by atoms with van der Waals surface area (Å²) in [6.45, 7) is 4.88. The Hall–Kier alpha value is -1.91. The number of hydrogen-bond acceptors (Lipinski definition) is 2. The Kier molecular flexibility index (Phi) is 9.84. The molecule has 5 heteroatoms. The second-order valence-electron chi connectivity index (χ2n) is 11.3. The molecular weight excluding hydrogens is 461 g/mol. The van der Waals surface area contributed by atoms with Gasteiger partial charge in [0, 0.05) is 0 Å². The van der Waals surface area contributed by atoms with Crippen molar-refractivity contribution in [3.63, 3.8) is 0 Å². The molecule has 200 valence electrons. The Labute approximate surface area is 214 Å². The zero-order valence-electron chi connectivity index (χ0n) is 22.1. The third-order valence-electron chi connectivity index (χ3n) is 8.60. The van der Waals surface area contributed by atoms with E-state index >= 15 is 0 Å². The number of rotatable bonds is 11. The highest BCUT2D eigenvalue weighted by molar-refractivity contribution is 5.86. The molecule has 2 nitrogen and oxygen atoms in total. The molecule has 0 N–H and O–H groups in total. The van der Waals surface area contributed by atoms with E-state index in [9.17, 15) is 13.2 Å². The van der Waals surface area contributed by atoms with Crippen LogP contribution in [-0.2, 0) is 0 Å². The SMILES string of the molecule is CCCOc1ccc2cc(OCC3CCC(CCC4CCC(CCC)CC4)CC3)c(F)c(F)c2c1F. The Bertz CT molecular complexity index is 976. The summed E-state index contributed by atoms with van der Waals surface area (Å²) in [5, 5.41) is -0.106. The smallest absolute Gasteiger partial charge is 0.201 e. The Morgan fingerprint density at radius 1 is 0.639 bits per heavy atom. The average Bonchev–Trinajstić information content (AvgIpc) is 2.90. The highest BCUT2D eigenvalue weighted by Gasteiger charge is 2.26. The third-order valence-corrected chi connectivity index (χ3v) is 8.60. The molecule has 0 amide bonds. The van der Waals surface area contributed by atoms with Crippen molar-refractivity contribution >= 4 is 10.8 Å². The summed E-state index contributed by atoms with van der Waals surface area (Å²) in [6.07, 6.45) is 16.3. The molecule has 0 heterocycles. The Balaban J connectivity index is 1.25. The van der Waals surface area contributed by atoms with Gasteiger partial charge in [0.2, 0.25) is 5.82 Å². The molecule has 2 aromatic carbocycles. The molecule has 0 atom stereocenters. The van der Waals surface area contributed by atoms with Crippen molar-refractivity contribution in [2.75, 3.05) is 13.2 Å². The number of benzene rings is 2. The summed E-state index contributed by atoms with van der Waals surface area (Å²) in [6, 6.07) is 4.42. The second-order valence-corrected chi connectivity index (χ2v) is 11.3. The van der Waals surface area contributed by atoms with Gasteiger partial charge in [-0.15, -0.1) is 0 Å². The second kappa shape index (κ2) is 13.1. The van der Waals surface area contributed by atoms with Crippen molar-refractivity contribution in [3.8, 4) is 11.5 Å². The molecule has 2 aliphatic rings. The lowest BCUT2D eigenvalue weighted by Crippen LogP contribution is -2.21. The lowest BCUT2D eigenvalue weighted by atomic mass is 9.75. The summed E-state index contributed by atoms with van der Waals surface area (Å²) in [7, 11) is 0. The zero-order chi connectivity index (χ0) is 25.5. The number of halogens is 3. The number of hydrogen-bond donors (Lipinski definition) is 0. The van der Waals surface area contributed by atoms with Gasteiger partial charge in [-0.05, 0) is 60.5 Å². The molecule has 2 saturated carbocycles. The molecule has 0 aliphatic heterocycles. The van der Waals surface area contributed by atoms with E-state index in [-0.39, 0.29) is 22.3 Å². The molecule has 0 unspecified atom stereocenters. The van der Waals surface area contributed by atoms with Crippen LogP contribution in [0.25, 0.3) is 10.8 Å². The van der Waals surface area contributed by atoms with Crippen LogP contribution in [0.15, 0.2) is 18.2 Å². The predicted octanol–water partition coefficient (Wildman–Crippen LogP) is 9.62. The van der Waals surface area contributed by atoms with Crippen LogP contribution >= 0.6 is 0 Å². The van der Waals surface area contributed by atoms with E-state index in [1.54, 1.807) is 6.07 Å². The van der Waals surface area contributed by atoms with Gasteiger partial charge in [-0.25, -0.2) is 8.78 Å². The maximum Gasteiger partial charge on any atom is 0.201 e. The normalized spacial score (nSPS) is 24.7. The van der Waals surface area contributed by atoms with Gasteiger partial charge in [0.05, 0.1) is 18.6 Å². The predicted molar refractivity (Wildman–Crippen MR) is 140 cm³/mol. The fraction of sp³-hybridized carbons (Fsp3) is 0.677. The van der Waals surface area contributed by atoms with Crippen LogP contribution in [0.2, 0.25) is 0 Å². The molecule has 0 bridgehead atoms. The summed E-state index contributed by atoms with van der Waals surface area (Å²) in [4.78, 5) is 0. The van der Waals surface area contributed by atoms with Crippen LogP contribution < -0.4 is 9.47 Å². The zero-order valence-corrected chi connectivity index (χ0v) is 22.1. The van der Waals surface area contributed by atoms with Gasteiger partial charge in [-0.1, -0.05) is 84.1 Å². The maximum absolute atomic E-state index is 14.8. The van der Waals surface area contributed by atoms with Crippen LogP contribution in [0, 0.1) is 41.1 Å². The van der Waals surface area contributed by atoms with E-state index in [1.807, 2.05) is 6.92 Å². The Morgan fingerprint density at radius 2 is 1.22 bits per heavy atom. The minimum atomic E-state index is -1.21. The van der Waals surface area contributed by atoms with Crippen LogP contribution in [0.1, 0.15) is 97.3 Å². The third kappa shape index (κ3) is 6.69. The average molecular weight is 505 g/mol. The molecule has 2 aromatic rings. The minimum Gasteiger partial charge on any atom is -0.491 e.